The summed E-state index contributed by atoms with van der Waals surface area (Å²) in [7, 11) is -4.51. The van der Waals surface area contributed by atoms with E-state index in [2.05, 4.69) is 0 Å². The van der Waals surface area contributed by atoms with Gasteiger partial charge < -0.3 is 4.74 Å². The lowest BCUT2D eigenvalue weighted by molar-refractivity contribution is -0.387. The molecule has 1 atom stereocenters. The molecule has 0 bridgehead atoms. The fourth-order valence-corrected chi connectivity index (χ4v) is 5.40. The Hall–Kier alpha value is -4.34. The van der Waals surface area contributed by atoms with Crippen LogP contribution >= 0.6 is 11.6 Å². The summed E-state index contributed by atoms with van der Waals surface area (Å²) in [5.41, 5.74) is -0.405. The number of nitrogens with zero attached hydrogens (tertiary/aromatic N) is 1. The van der Waals surface area contributed by atoms with Crippen LogP contribution in [0.3, 0.4) is 0 Å². The number of carbonyl (C=O) groups is 2. The van der Waals surface area contributed by atoms with Crippen LogP contribution in [0.25, 0.3) is 0 Å². The highest BCUT2D eigenvalue weighted by atomic mass is 35.5. The molecule has 4 rings (SSSR count). The molecule has 0 amide bonds. The van der Waals surface area contributed by atoms with E-state index in [0.29, 0.717) is 10.6 Å². The molecule has 37 heavy (non-hydrogen) atoms. The first-order valence-electron chi connectivity index (χ1n) is 10.8. The molecule has 0 spiro atoms. The lowest BCUT2D eigenvalue weighted by atomic mass is 9.99. The van der Waals surface area contributed by atoms with E-state index in [9.17, 15) is 28.1 Å². The largest absolute Gasteiger partial charge is 0.445 e. The van der Waals surface area contributed by atoms with Crippen LogP contribution in [0.5, 0.6) is 0 Å². The number of sulfone groups is 1. The molecule has 0 aliphatic rings. The monoisotopic (exact) mass is 535 g/mol. The van der Waals surface area contributed by atoms with Gasteiger partial charge in [-0.1, -0.05) is 66.2 Å². The highest BCUT2D eigenvalue weighted by Gasteiger charge is 2.33. The summed E-state index contributed by atoms with van der Waals surface area (Å²) in [6.45, 7) is 0. The molecule has 0 aliphatic carbocycles. The average Bonchev–Trinajstić information content (AvgIpc) is 2.92. The molecule has 0 saturated carbocycles. The lowest BCUT2D eigenvalue weighted by Crippen LogP contribution is -2.21. The van der Waals surface area contributed by atoms with Gasteiger partial charge in [0.1, 0.15) is 4.90 Å². The zero-order valence-corrected chi connectivity index (χ0v) is 20.6. The second kappa shape index (κ2) is 10.7. The number of para-hydroxylation sites is 1. The van der Waals surface area contributed by atoms with Crippen LogP contribution in [0.15, 0.2) is 113 Å². The van der Waals surface area contributed by atoms with Crippen LogP contribution in [0.2, 0.25) is 5.02 Å². The minimum atomic E-state index is -4.51. The minimum absolute atomic E-state index is 0.229. The summed E-state index contributed by atoms with van der Waals surface area (Å²) in [5.74, 6) is -1.64. The van der Waals surface area contributed by atoms with Gasteiger partial charge in [-0.2, -0.15) is 0 Å². The van der Waals surface area contributed by atoms with E-state index in [1.54, 1.807) is 30.3 Å². The van der Waals surface area contributed by atoms with Crippen LogP contribution in [0, 0.1) is 10.1 Å². The topological polar surface area (TPSA) is 121 Å². The third kappa shape index (κ3) is 5.42. The number of carbonyl (C=O) groups excluding carboxylic acids is 2. The van der Waals surface area contributed by atoms with Crippen molar-refractivity contribution in [3.05, 3.63) is 135 Å². The van der Waals surface area contributed by atoms with E-state index < -0.39 is 48.1 Å². The molecule has 4 aromatic rings. The molecule has 0 heterocycles. The molecular weight excluding hydrogens is 518 g/mol. The maximum absolute atomic E-state index is 13.4. The zero-order chi connectivity index (χ0) is 26.6. The second-order valence-corrected chi connectivity index (χ2v) is 10.1. The number of Topliss-reactive ketones (excluding diaryl/α,β-unsaturated/α-hetero) is 1. The van der Waals surface area contributed by atoms with E-state index in [0.717, 1.165) is 18.2 Å². The van der Waals surface area contributed by atoms with E-state index in [4.69, 9.17) is 16.3 Å². The van der Waals surface area contributed by atoms with Crippen molar-refractivity contribution in [3.8, 4) is 0 Å². The van der Waals surface area contributed by atoms with Crippen LogP contribution in [-0.2, 0) is 14.6 Å². The fourth-order valence-electron chi connectivity index (χ4n) is 3.66. The molecule has 8 nitrogen and oxygen atoms in total. The van der Waals surface area contributed by atoms with Crippen molar-refractivity contribution >= 4 is 38.9 Å². The predicted molar refractivity (Wildman–Crippen MR) is 135 cm³/mol. The van der Waals surface area contributed by atoms with Crippen LogP contribution < -0.4 is 0 Å². The Bertz CT molecular complexity index is 1590. The van der Waals surface area contributed by atoms with Crippen molar-refractivity contribution < 1.29 is 27.7 Å². The second-order valence-electron chi connectivity index (χ2n) is 7.79. The van der Waals surface area contributed by atoms with Gasteiger partial charge in [-0.05, 0) is 42.5 Å². The first kappa shape index (κ1) is 25.7. The van der Waals surface area contributed by atoms with Gasteiger partial charge in [-0.25, -0.2) is 13.2 Å². The fraction of sp³-hybridized carbons (Fsp3) is 0.0370. The molecular formula is C27H18ClNO7S. The number of nitro benzene ring substituents is 1. The number of hydrogen-bond donors (Lipinski definition) is 0. The zero-order valence-electron chi connectivity index (χ0n) is 19.0. The number of ether oxygens (including phenoxy) is 1. The first-order chi connectivity index (χ1) is 17.7. The Kier molecular flexibility index (Phi) is 7.47. The highest BCUT2D eigenvalue weighted by Crippen LogP contribution is 2.32. The molecule has 0 unspecified atom stereocenters. The Balaban J connectivity index is 1.76. The highest BCUT2D eigenvalue weighted by molar-refractivity contribution is 7.91. The van der Waals surface area contributed by atoms with E-state index in [1.807, 2.05) is 0 Å². The number of nitro groups is 1. The standard InChI is InChI=1S/C27H18ClNO7S/c28-20-16-14-18(15-17-20)25(30)26(19-8-2-1-3-9-19)36-27(31)21-10-4-6-12-23(21)37(34,35)24-13-7-5-11-22(24)29(32)33/h1-17,26H/t26-/m0/s1. The summed E-state index contributed by atoms with van der Waals surface area (Å²) in [6.07, 6.45) is -1.39. The normalized spacial score (nSPS) is 11.9. The van der Waals surface area contributed by atoms with Gasteiger partial charge in [0.25, 0.3) is 5.69 Å². The molecule has 10 heteroatoms. The molecule has 0 fully saturated rings. The lowest BCUT2D eigenvalue weighted by Gasteiger charge is -2.18. The minimum Gasteiger partial charge on any atom is -0.445 e. The van der Waals surface area contributed by atoms with Gasteiger partial charge in [-0.15, -0.1) is 0 Å². The summed E-state index contributed by atoms with van der Waals surface area (Å²) < 4.78 is 32.5. The average molecular weight is 536 g/mol. The number of esters is 1. The molecule has 186 valence electrons. The SMILES string of the molecule is O=C(O[C@H](C(=O)c1ccc(Cl)cc1)c1ccccc1)c1ccccc1S(=O)(=O)c1ccccc1[N+](=O)[O-]. The van der Waals surface area contributed by atoms with Gasteiger partial charge in [0, 0.05) is 22.2 Å². The van der Waals surface area contributed by atoms with Crippen molar-refractivity contribution in [3.63, 3.8) is 0 Å². The number of hydrogen-bond acceptors (Lipinski definition) is 7. The van der Waals surface area contributed by atoms with Crippen LogP contribution in [-0.4, -0.2) is 25.1 Å². The van der Waals surface area contributed by atoms with Crippen LogP contribution in [0.4, 0.5) is 5.69 Å². The number of benzene rings is 4. The maximum Gasteiger partial charge on any atom is 0.340 e. The Morgan fingerprint density at radius 2 is 1.35 bits per heavy atom. The van der Waals surface area contributed by atoms with Crippen molar-refractivity contribution in [2.24, 2.45) is 0 Å². The maximum atomic E-state index is 13.4. The number of ketones is 1. The Labute approximate surface area is 217 Å². The van der Waals surface area contributed by atoms with Crippen molar-refractivity contribution in [2.75, 3.05) is 0 Å². The van der Waals surface area contributed by atoms with E-state index in [1.165, 1.54) is 54.6 Å². The van der Waals surface area contributed by atoms with Crippen LogP contribution in [0.1, 0.15) is 32.4 Å². The summed E-state index contributed by atoms with van der Waals surface area (Å²) in [5, 5.41) is 11.9. The van der Waals surface area contributed by atoms with Gasteiger partial charge in [0.15, 0.2) is 6.10 Å². The van der Waals surface area contributed by atoms with Gasteiger partial charge in [-0.3, -0.25) is 14.9 Å². The Morgan fingerprint density at radius 3 is 2.00 bits per heavy atom. The van der Waals surface area contributed by atoms with Gasteiger partial charge in [0.05, 0.1) is 15.4 Å². The van der Waals surface area contributed by atoms with Crippen molar-refractivity contribution in [1.82, 2.24) is 0 Å². The number of halogens is 1. The first-order valence-corrected chi connectivity index (χ1v) is 12.7. The summed E-state index contributed by atoms with van der Waals surface area (Å²) >= 11 is 5.92. The Morgan fingerprint density at radius 1 is 0.784 bits per heavy atom. The molecule has 0 N–H and O–H groups in total. The van der Waals surface area contributed by atoms with E-state index >= 15 is 0 Å². The van der Waals surface area contributed by atoms with Gasteiger partial charge >= 0.3 is 5.97 Å². The summed E-state index contributed by atoms with van der Waals surface area (Å²) in [6, 6.07) is 24.3. The van der Waals surface area contributed by atoms with Gasteiger partial charge in [0.2, 0.25) is 15.6 Å². The molecule has 0 aromatic heterocycles. The summed E-state index contributed by atoms with van der Waals surface area (Å²) in [4.78, 5) is 36.3. The third-order valence-electron chi connectivity index (χ3n) is 5.44. The molecule has 0 saturated heterocycles. The third-order valence-corrected chi connectivity index (χ3v) is 7.55. The number of rotatable bonds is 8. The molecule has 0 radical (unpaired) electrons. The van der Waals surface area contributed by atoms with Crippen molar-refractivity contribution in [2.45, 2.75) is 15.9 Å². The molecule has 4 aromatic carbocycles. The quantitative estimate of drug-likeness (QED) is 0.120. The van der Waals surface area contributed by atoms with Crippen molar-refractivity contribution in [1.29, 1.82) is 0 Å². The van der Waals surface area contributed by atoms with E-state index in [-0.39, 0.29) is 11.1 Å². The molecule has 0 aliphatic heterocycles. The predicted octanol–water partition coefficient (Wildman–Crippen LogP) is 5.86. The smallest absolute Gasteiger partial charge is 0.340 e.